The largest absolute Gasteiger partial charge is 0.396 e. The summed E-state index contributed by atoms with van der Waals surface area (Å²) in [5.41, 5.74) is 16.2. The first kappa shape index (κ1) is 23.8. The highest BCUT2D eigenvalue weighted by atomic mass is 32.2. The number of anilines is 2. The fraction of sp³-hybridized carbons (Fsp3) is 0.320. The van der Waals surface area contributed by atoms with E-state index in [4.69, 9.17) is 21.2 Å². The van der Waals surface area contributed by atoms with Crippen molar-refractivity contribution in [3.8, 4) is 22.4 Å². The van der Waals surface area contributed by atoms with Gasteiger partial charge in [0.2, 0.25) is 5.95 Å². The third-order valence-corrected chi connectivity index (χ3v) is 9.33. The lowest BCUT2D eigenvalue weighted by Gasteiger charge is -2.23. The Kier molecular flexibility index (Phi) is 7.33. The molecule has 1 saturated carbocycles. The average Bonchev–Trinajstić information content (AvgIpc) is 3.19. The number of nitrogen functional groups attached to an aromatic ring is 1. The van der Waals surface area contributed by atoms with Crippen LogP contribution in [0.3, 0.4) is 0 Å². The minimum absolute atomic E-state index is 0.194. The number of nitrogens with one attached hydrogen (secondary N) is 1. The first-order chi connectivity index (χ1) is 17.2. The summed E-state index contributed by atoms with van der Waals surface area (Å²) >= 11 is 1.44. The van der Waals surface area contributed by atoms with Gasteiger partial charge in [0.15, 0.2) is 0 Å². The van der Waals surface area contributed by atoms with Crippen LogP contribution in [0.1, 0.15) is 19.3 Å². The summed E-state index contributed by atoms with van der Waals surface area (Å²) in [7, 11) is -1.11. The summed E-state index contributed by atoms with van der Waals surface area (Å²) < 4.78 is 19.3. The zero-order valence-corrected chi connectivity index (χ0v) is 20.9. The molecular formula is C25H28N6O2S2. The third-order valence-electron chi connectivity index (χ3n) is 6.03. The summed E-state index contributed by atoms with van der Waals surface area (Å²) in [4.78, 5) is 14.5. The maximum absolute atomic E-state index is 13.2. The fourth-order valence-electron chi connectivity index (χ4n) is 3.95. The molecule has 0 saturated heterocycles. The van der Waals surface area contributed by atoms with E-state index >= 15 is 0 Å². The van der Waals surface area contributed by atoms with E-state index in [-0.39, 0.29) is 5.25 Å². The smallest absolute Gasteiger partial charge is 0.222 e. The van der Waals surface area contributed by atoms with E-state index in [1.807, 2.05) is 24.3 Å². The molecule has 1 aliphatic carbocycles. The van der Waals surface area contributed by atoms with Crippen LogP contribution in [0.5, 0.6) is 0 Å². The van der Waals surface area contributed by atoms with Crippen LogP contribution < -0.4 is 16.8 Å². The van der Waals surface area contributed by atoms with Crippen molar-refractivity contribution in [2.24, 2.45) is 5.73 Å². The van der Waals surface area contributed by atoms with Gasteiger partial charge in [0.05, 0.1) is 35.4 Å². The standard InChI is InChI=1S/C25H28N6O2S2/c26-9-11-33-12-10-28-25-29-14-17(15-30-25)20-13-19(16-5-2-1-3-6-16)21-22(27)24(34-23(21)31-20)35(32)18-7-4-8-18/h1-3,5-6,13-15,18H,4,7-12,26-27H2,(H,28,29,30). The van der Waals surface area contributed by atoms with E-state index in [0.717, 1.165) is 56.1 Å². The van der Waals surface area contributed by atoms with Crippen LogP contribution in [0.25, 0.3) is 32.6 Å². The summed E-state index contributed by atoms with van der Waals surface area (Å²) in [5, 5.41) is 4.20. The molecule has 1 aromatic carbocycles. The molecule has 8 nitrogen and oxygen atoms in total. The summed E-state index contributed by atoms with van der Waals surface area (Å²) in [5.74, 6) is 0.521. The van der Waals surface area contributed by atoms with Crippen molar-refractivity contribution in [1.29, 1.82) is 0 Å². The number of hydrogen-bond acceptors (Lipinski definition) is 9. The second-order valence-corrected chi connectivity index (χ2v) is 11.3. The monoisotopic (exact) mass is 508 g/mol. The lowest BCUT2D eigenvalue weighted by Crippen LogP contribution is -2.23. The van der Waals surface area contributed by atoms with E-state index in [1.54, 1.807) is 12.4 Å². The zero-order chi connectivity index (χ0) is 24.2. The van der Waals surface area contributed by atoms with Crippen molar-refractivity contribution in [3.63, 3.8) is 0 Å². The molecule has 1 fully saturated rings. The van der Waals surface area contributed by atoms with Crippen LogP contribution in [-0.4, -0.2) is 50.7 Å². The minimum atomic E-state index is -1.11. The topological polar surface area (TPSA) is 129 Å². The molecule has 5 rings (SSSR count). The Hall–Kier alpha value is -2.92. The molecular weight excluding hydrogens is 480 g/mol. The normalized spacial score (nSPS) is 14.7. The Morgan fingerprint density at radius 1 is 1.11 bits per heavy atom. The molecule has 182 valence electrons. The van der Waals surface area contributed by atoms with Gasteiger partial charge in [0, 0.05) is 41.7 Å². The summed E-state index contributed by atoms with van der Waals surface area (Å²) in [6, 6.07) is 12.1. The van der Waals surface area contributed by atoms with Gasteiger partial charge in [-0.05, 0) is 30.0 Å². The van der Waals surface area contributed by atoms with Crippen LogP contribution in [0.4, 0.5) is 11.6 Å². The maximum atomic E-state index is 13.2. The van der Waals surface area contributed by atoms with E-state index in [0.29, 0.717) is 37.9 Å². The van der Waals surface area contributed by atoms with Gasteiger partial charge >= 0.3 is 0 Å². The van der Waals surface area contributed by atoms with Gasteiger partial charge in [0.1, 0.15) is 9.04 Å². The predicted molar refractivity (Wildman–Crippen MR) is 143 cm³/mol. The predicted octanol–water partition coefficient (Wildman–Crippen LogP) is 4.05. The first-order valence-electron chi connectivity index (χ1n) is 11.7. The Balaban J connectivity index is 1.50. The van der Waals surface area contributed by atoms with Gasteiger partial charge in [-0.1, -0.05) is 36.8 Å². The van der Waals surface area contributed by atoms with Crippen LogP contribution in [0, 0.1) is 0 Å². The fourth-order valence-corrected chi connectivity index (χ4v) is 7.16. The van der Waals surface area contributed by atoms with Crippen molar-refractivity contribution < 1.29 is 8.95 Å². The van der Waals surface area contributed by atoms with Gasteiger partial charge < -0.3 is 21.5 Å². The molecule has 3 aromatic heterocycles. The molecule has 0 radical (unpaired) electrons. The number of nitrogens with zero attached hydrogens (tertiary/aromatic N) is 3. The number of benzene rings is 1. The Morgan fingerprint density at radius 2 is 1.89 bits per heavy atom. The van der Waals surface area contributed by atoms with Crippen molar-refractivity contribution >= 4 is 44.0 Å². The van der Waals surface area contributed by atoms with Crippen LogP contribution in [-0.2, 0) is 15.5 Å². The van der Waals surface area contributed by atoms with E-state index in [1.165, 1.54) is 11.3 Å². The number of fused-ring (bicyclic) bond motifs is 1. The molecule has 5 N–H and O–H groups in total. The van der Waals surface area contributed by atoms with Crippen molar-refractivity contribution in [1.82, 2.24) is 15.0 Å². The van der Waals surface area contributed by atoms with Gasteiger partial charge in [-0.3, -0.25) is 4.21 Å². The molecule has 0 bridgehead atoms. The van der Waals surface area contributed by atoms with Gasteiger partial charge in [-0.2, -0.15) is 0 Å². The highest BCUT2D eigenvalue weighted by molar-refractivity contribution is 7.88. The van der Waals surface area contributed by atoms with Crippen molar-refractivity contribution in [2.75, 3.05) is 37.4 Å². The highest BCUT2D eigenvalue weighted by Gasteiger charge is 2.29. The van der Waals surface area contributed by atoms with E-state index in [2.05, 4.69) is 27.4 Å². The molecule has 0 aliphatic heterocycles. The number of nitrogens with two attached hydrogens (primary N) is 2. The zero-order valence-electron chi connectivity index (χ0n) is 19.3. The number of pyridine rings is 1. The maximum Gasteiger partial charge on any atom is 0.222 e. The lowest BCUT2D eigenvalue weighted by atomic mass is 10.00. The van der Waals surface area contributed by atoms with Crippen LogP contribution >= 0.6 is 11.3 Å². The quantitative estimate of drug-likeness (QED) is 0.274. The molecule has 1 aliphatic rings. The van der Waals surface area contributed by atoms with E-state index in [9.17, 15) is 4.21 Å². The van der Waals surface area contributed by atoms with Crippen LogP contribution in [0.2, 0.25) is 0 Å². The SMILES string of the molecule is NCCOCCNc1ncc(-c2cc(-c3ccccc3)c3c(N)c(S(=O)C4CCC4)sc3n2)cn1. The number of aromatic nitrogens is 3. The summed E-state index contributed by atoms with van der Waals surface area (Å²) in [6.07, 6.45) is 6.61. The second-order valence-electron chi connectivity index (χ2n) is 8.38. The van der Waals surface area contributed by atoms with Gasteiger partial charge in [0.25, 0.3) is 0 Å². The molecule has 35 heavy (non-hydrogen) atoms. The molecule has 0 spiro atoms. The van der Waals surface area contributed by atoms with E-state index < -0.39 is 10.8 Å². The third kappa shape index (κ3) is 5.06. The van der Waals surface area contributed by atoms with Gasteiger partial charge in [-0.25, -0.2) is 15.0 Å². The highest BCUT2D eigenvalue weighted by Crippen LogP contribution is 2.44. The molecule has 3 heterocycles. The molecule has 1 unspecified atom stereocenters. The number of hydrogen-bond donors (Lipinski definition) is 3. The Morgan fingerprint density at radius 3 is 2.57 bits per heavy atom. The van der Waals surface area contributed by atoms with Crippen LogP contribution in [0.15, 0.2) is 53.0 Å². The lowest BCUT2D eigenvalue weighted by molar-refractivity contribution is 0.151. The van der Waals surface area contributed by atoms with Crippen molar-refractivity contribution in [3.05, 3.63) is 48.8 Å². The Bertz CT molecular complexity index is 1320. The number of thiophene rings is 1. The Labute approximate surface area is 210 Å². The van der Waals surface area contributed by atoms with Crippen molar-refractivity contribution in [2.45, 2.75) is 28.7 Å². The van der Waals surface area contributed by atoms with Gasteiger partial charge in [-0.15, -0.1) is 11.3 Å². The second kappa shape index (κ2) is 10.8. The first-order valence-corrected chi connectivity index (χ1v) is 13.7. The average molecular weight is 509 g/mol. The summed E-state index contributed by atoms with van der Waals surface area (Å²) in [6.45, 7) is 2.16. The number of rotatable bonds is 10. The molecule has 4 aromatic rings. The molecule has 1 atom stereocenters. The minimum Gasteiger partial charge on any atom is -0.396 e. The number of ether oxygens (including phenoxy) is 1. The molecule has 0 amide bonds. The molecule has 10 heteroatoms.